The Labute approximate surface area is 282 Å². The van der Waals surface area contributed by atoms with Crippen LogP contribution in [0.1, 0.15) is 35.2 Å². The molecule has 0 spiro atoms. The van der Waals surface area contributed by atoms with E-state index in [1.165, 1.54) is 11.3 Å². The molecule has 0 bridgehead atoms. The molecule has 10 heteroatoms. The average molecular weight is 716 g/mol. The van der Waals surface area contributed by atoms with Gasteiger partial charge in [-0.05, 0) is 69.9 Å². The summed E-state index contributed by atoms with van der Waals surface area (Å²) in [6.45, 7) is 2.28. The number of fused-ring (bicyclic) bond motifs is 1. The van der Waals surface area contributed by atoms with Crippen LogP contribution in [0.15, 0.2) is 117 Å². The fourth-order valence-electron chi connectivity index (χ4n) is 5.25. The van der Waals surface area contributed by atoms with Crippen molar-refractivity contribution in [1.82, 2.24) is 4.57 Å². The molecule has 0 radical (unpaired) electrons. The van der Waals surface area contributed by atoms with Gasteiger partial charge in [-0.15, -0.1) is 0 Å². The molecule has 7 nitrogen and oxygen atoms in total. The summed E-state index contributed by atoms with van der Waals surface area (Å²) < 4.78 is 20.0. The van der Waals surface area contributed by atoms with Crippen molar-refractivity contribution < 1.29 is 19.0 Å². The van der Waals surface area contributed by atoms with Crippen LogP contribution in [0.2, 0.25) is 5.02 Å². The highest BCUT2D eigenvalue weighted by molar-refractivity contribution is 9.10. The van der Waals surface area contributed by atoms with Gasteiger partial charge in [0.15, 0.2) is 16.3 Å². The fourth-order valence-corrected chi connectivity index (χ4v) is 6.95. The number of nitrogens with zero attached hydrogens (tertiary/aromatic N) is 2. The van der Waals surface area contributed by atoms with Gasteiger partial charge in [0.1, 0.15) is 6.61 Å². The maximum absolute atomic E-state index is 14.2. The lowest BCUT2D eigenvalue weighted by atomic mass is 9.93. The number of methoxy groups -OCH3 is 1. The van der Waals surface area contributed by atoms with E-state index in [9.17, 15) is 9.59 Å². The predicted octanol–water partition coefficient (Wildman–Crippen LogP) is 6.94. The van der Waals surface area contributed by atoms with Gasteiger partial charge in [0.2, 0.25) is 0 Å². The number of halogens is 2. The third kappa shape index (κ3) is 6.44. The number of ether oxygens (including phenoxy) is 3. The van der Waals surface area contributed by atoms with Crippen LogP contribution in [0.3, 0.4) is 0 Å². The minimum absolute atomic E-state index is 0.171. The number of benzene rings is 4. The van der Waals surface area contributed by atoms with E-state index in [2.05, 4.69) is 15.9 Å². The SMILES string of the molecule is CCOC(=O)C1=C(c2ccccc2)N=c2s/c(=C\c3cc(Br)c(OCc4ccccc4)c(OC)c3)c(=O)n2C1c1ccc(Cl)cc1. The van der Waals surface area contributed by atoms with E-state index in [-0.39, 0.29) is 17.7 Å². The first-order valence-corrected chi connectivity index (χ1v) is 16.4. The van der Waals surface area contributed by atoms with Gasteiger partial charge in [0.05, 0.1) is 40.0 Å². The Morgan fingerprint density at radius 2 is 1.72 bits per heavy atom. The molecule has 0 aliphatic carbocycles. The molecular weight excluding hydrogens is 688 g/mol. The Morgan fingerprint density at radius 3 is 2.39 bits per heavy atom. The van der Waals surface area contributed by atoms with Gasteiger partial charge in [0, 0.05) is 10.6 Å². The second-order valence-electron chi connectivity index (χ2n) is 10.3. The van der Waals surface area contributed by atoms with Crippen LogP contribution < -0.4 is 24.4 Å². The molecule has 232 valence electrons. The number of rotatable bonds is 9. The Kier molecular flexibility index (Phi) is 9.53. The Bertz CT molecular complexity index is 2110. The summed E-state index contributed by atoms with van der Waals surface area (Å²) in [4.78, 5) is 33.2. The Morgan fingerprint density at radius 1 is 1.02 bits per heavy atom. The van der Waals surface area contributed by atoms with E-state index in [4.69, 9.17) is 30.8 Å². The van der Waals surface area contributed by atoms with Gasteiger partial charge >= 0.3 is 5.97 Å². The molecule has 46 heavy (non-hydrogen) atoms. The molecule has 1 aliphatic heterocycles. The van der Waals surface area contributed by atoms with Crippen LogP contribution in [0.4, 0.5) is 0 Å². The third-order valence-corrected chi connectivity index (χ3v) is 9.16. The number of thiazole rings is 1. The average Bonchev–Trinajstić information content (AvgIpc) is 3.38. The maximum Gasteiger partial charge on any atom is 0.338 e. The number of aromatic nitrogens is 1. The van der Waals surface area contributed by atoms with Crippen molar-refractivity contribution in [2.24, 2.45) is 4.99 Å². The molecule has 4 aromatic carbocycles. The summed E-state index contributed by atoms with van der Waals surface area (Å²) in [6, 6.07) is 29.3. The van der Waals surface area contributed by atoms with Crippen LogP contribution in [0.25, 0.3) is 11.8 Å². The zero-order chi connectivity index (χ0) is 32.2. The molecule has 1 aromatic heterocycles. The fraction of sp³-hybridized carbons (Fsp3) is 0.139. The summed E-state index contributed by atoms with van der Waals surface area (Å²) in [5, 5.41) is 0.539. The quantitative estimate of drug-likeness (QED) is 0.155. The molecule has 1 atom stereocenters. The van der Waals surface area contributed by atoms with Crippen LogP contribution in [0, 0.1) is 0 Å². The van der Waals surface area contributed by atoms with E-state index < -0.39 is 12.0 Å². The molecular formula is C36H28BrClN2O5S. The third-order valence-electron chi connectivity index (χ3n) is 7.33. The van der Waals surface area contributed by atoms with Crippen molar-refractivity contribution in [3.05, 3.63) is 154 Å². The van der Waals surface area contributed by atoms with Crippen molar-refractivity contribution in [1.29, 1.82) is 0 Å². The van der Waals surface area contributed by atoms with Gasteiger partial charge in [-0.25, -0.2) is 9.79 Å². The van der Waals surface area contributed by atoms with Crippen molar-refractivity contribution >= 4 is 56.6 Å². The molecule has 5 aromatic rings. The molecule has 6 rings (SSSR count). The van der Waals surface area contributed by atoms with Crippen molar-refractivity contribution in [3.63, 3.8) is 0 Å². The second kappa shape index (κ2) is 13.9. The van der Waals surface area contributed by atoms with Crippen LogP contribution >= 0.6 is 38.9 Å². The van der Waals surface area contributed by atoms with Gasteiger partial charge < -0.3 is 14.2 Å². The Hall–Kier alpha value is -4.44. The highest BCUT2D eigenvalue weighted by Crippen LogP contribution is 2.38. The first-order chi connectivity index (χ1) is 22.4. The van der Waals surface area contributed by atoms with E-state index in [0.29, 0.717) is 48.2 Å². The molecule has 0 N–H and O–H groups in total. The highest BCUT2D eigenvalue weighted by atomic mass is 79.9. The van der Waals surface area contributed by atoms with Gasteiger partial charge in [-0.2, -0.15) is 0 Å². The first kappa shape index (κ1) is 31.5. The molecule has 0 amide bonds. The minimum Gasteiger partial charge on any atom is -0.493 e. The predicted molar refractivity (Wildman–Crippen MR) is 184 cm³/mol. The summed E-state index contributed by atoms with van der Waals surface area (Å²) in [7, 11) is 1.57. The lowest BCUT2D eigenvalue weighted by molar-refractivity contribution is -0.138. The molecule has 0 saturated carbocycles. The topological polar surface area (TPSA) is 79.1 Å². The lowest BCUT2D eigenvalue weighted by Gasteiger charge is -2.25. The molecule has 0 saturated heterocycles. The standard InChI is InChI=1S/C36H28BrClN2O5S/c1-3-44-35(42)30-31(24-12-8-5-9-13-24)39-36-40(32(30)25-14-16-26(38)17-15-25)34(41)29(46-36)20-23-18-27(37)33(28(19-23)43-2)45-21-22-10-6-4-7-11-22/h4-20,32H,3,21H2,1-2H3/b29-20-. The number of esters is 1. The van der Waals surface area contributed by atoms with E-state index in [1.807, 2.05) is 84.9 Å². The molecule has 2 heterocycles. The van der Waals surface area contributed by atoms with Gasteiger partial charge in [-0.3, -0.25) is 9.36 Å². The minimum atomic E-state index is -0.792. The summed E-state index contributed by atoms with van der Waals surface area (Å²) in [6.07, 6.45) is 1.78. The largest absolute Gasteiger partial charge is 0.493 e. The van der Waals surface area contributed by atoms with Gasteiger partial charge in [0.25, 0.3) is 5.56 Å². The molecule has 0 fully saturated rings. The highest BCUT2D eigenvalue weighted by Gasteiger charge is 2.35. The second-order valence-corrected chi connectivity index (χ2v) is 12.6. The van der Waals surface area contributed by atoms with E-state index in [0.717, 1.165) is 16.7 Å². The van der Waals surface area contributed by atoms with E-state index >= 15 is 0 Å². The number of hydrogen-bond acceptors (Lipinski definition) is 7. The summed E-state index contributed by atoms with van der Waals surface area (Å²) in [5.41, 5.74) is 3.62. The smallest absolute Gasteiger partial charge is 0.338 e. The molecule has 1 unspecified atom stereocenters. The van der Waals surface area contributed by atoms with Crippen molar-refractivity contribution in [3.8, 4) is 11.5 Å². The first-order valence-electron chi connectivity index (χ1n) is 14.5. The maximum atomic E-state index is 14.2. The lowest BCUT2D eigenvalue weighted by Crippen LogP contribution is -2.40. The normalized spacial score (nSPS) is 14.4. The number of carbonyl (C=O) groups is 1. The van der Waals surface area contributed by atoms with Crippen LogP contribution in [0.5, 0.6) is 11.5 Å². The Balaban J connectivity index is 1.50. The van der Waals surface area contributed by atoms with Crippen molar-refractivity contribution in [2.45, 2.75) is 19.6 Å². The number of carbonyl (C=O) groups excluding carboxylic acids is 1. The summed E-state index contributed by atoms with van der Waals surface area (Å²) in [5.74, 6) is 0.526. The molecule has 1 aliphatic rings. The summed E-state index contributed by atoms with van der Waals surface area (Å²) >= 11 is 11.1. The zero-order valence-corrected chi connectivity index (χ0v) is 28.1. The van der Waals surface area contributed by atoms with Crippen LogP contribution in [-0.4, -0.2) is 24.3 Å². The van der Waals surface area contributed by atoms with Crippen molar-refractivity contribution in [2.75, 3.05) is 13.7 Å². The monoisotopic (exact) mass is 714 g/mol. The van der Waals surface area contributed by atoms with Gasteiger partial charge in [-0.1, -0.05) is 95.7 Å². The number of hydrogen-bond donors (Lipinski definition) is 0. The van der Waals surface area contributed by atoms with E-state index in [1.54, 1.807) is 36.8 Å². The zero-order valence-electron chi connectivity index (χ0n) is 24.9. The van der Waals surface area contributed by atoms with Crippen LogP contribution in [-0.2, 0) is 16.1 Å².